The number of fused-ring (bicyclic) bond motifs is 3. The summed E-state index contributed by atoms with van der Waals surface area (Å²) in [7, 11) is 6.36. The number of phenols is 1. The van der Waals surface area contributed by atoms with E-state index in [1.165, 1.54) is 25.1 Å². The standard InChI is InChI=1S/C38H51N5O12/c1-6-7-12-43(37(52)55-18-54-26(45)13-19-10-8-9-11-19)17-25(44)40-23-16-24(41(2)3)21-14-20-15-22-30(42(4)5)33(48)29(36(39)51)35(50)38(22,53)34(49)27(20)32(47)28(21)31(23)46/h16,19-20,22,27,29-30,46,53H,6-15,17-18H2,1-5H3,(H2,39,51)(H,40,44)/t20-,22-,27?,29?,30-,38-/m0/s1. The molecular weight excluding hydrogens is 718 g/mol. The van der Waals surface area contributed by atoms with Crippen molar-refractivity contribution >= 4 is 58.4 Å². The lowest BCUT2D eigenvalue weighted by atomic mass is 9.52. The smallest absolute Gasteiger partial charge is 0.413 e. The van der Waals surface area contributed by atoms with Crippen LogP contribution in [0.4, 0.5) is 16.2 Å². The van der Waals surface area contributed by atoms with E-state index in [4.69, 9.17) is 15.2 Å². The summed E-state index contributed by atoms with van der Waals surface area (Å²) >= 11 is 0. The number of carbonyl (C=O) groups excluding carboxylic acids is 8. The Morgan fingerprint density at radius 3 is 2.29 bits per heavy atom. The number of hydrogen-bond acceptors (Lipinski definition) is 14. The molecule has 5 rings (SSSR count). The van der Waals surface area contributed by atoms with Gasteiger partial charge in [-0.3, -0.25) is 43.4 Å². The zero-order valence-electron chi connectivity index (χ0n) is 31.9. The highest BCUT2D eigenvalue weighted by Gasteiger charge is 2.69. The van der Waals surface area contributed by atoms with Crippen molar-refractivity contribution in [1.29, 1.82) is 0 Å². The number of amides is 3. The van der Waals surface area contributed by atoms with Gasteiger partial charge in [-0.05, 0) is 69.7 Å². The van der Waals surface area contributed by atoms with Crippen molar-refractivity contribution in [3.8, 4) is 5.75 Å². The zero-order chi connectivity index (χ0) is 40.5. The monoisotopic (exact) mass is 769 g/mol. The van der Waals surface area contributed by atoms with Gasteiger partial charge >= 0.3 is 12.1 Å². The number of Topliss-reactive ketones (excluding diaryl/α,β-unsaturated/α-hetero) is 4. The predicted octanol–water partition coefficient (Wildman–Crippen LogP) is 1.19. The summed E-state index contributed by atoms with van der Waals surface area (Å²) in [5.74, 6) is -13.1. The lowest BCUT2D eigenvalue weighted by Crippen LogP contribution is -2.74. The molecule has 0 aliphatic heterocycles. The summed E-state index contributed by atoms with van der Waals surface area (Å²) in [6.07, 6.45) is 4.47. The Balaban J connectivity index is 1.38. The Morgan fingerprint density at radius 1 is 1.02 bits per heavy atom. The maximum absolute atomic E-state index is 14.3. The van der Waals surface area contributed by atoms with Crippen molar-refractivity contribution in [1.82, 2.24) is 9.80 Å². The number of hydrogen-bond donors (Lipinski definition) is 4. The van der Waals surface area contributed by atoms with E-state index >= 15 is 0 Å². The summed E-state index contributed by atoms with van der Waals surface area (Å²) in [6, 6.07) is 0.221. The van der Waals surface area contributed by atoms with E-state index in [0.29, 0.717) is 24.1 Å². The fraction of sp³-hybridized carbons (Fsp3) is 0.632. The minimum absolute atomic E-state index is 0.0308. The van der Waals surface area contributed by atoms with E-state index in [-0.39, 0.29) is 43.0 Å². The largest absolute Gasteiger partial charge is 0.505 e. The first-order valence-corrected chi connectivity index (χ1v) is 18.7. The van der Waals surface area contributed by atoms with Crippen LogP contribution < -0.4 is 16.0 Å². The molecule has 17 heteroatoms. The van der Waals surface area contributed by atoms with Gasteiger partial charge in [0.05, 0.1) is 23.2 Å². The lowest BCUT2D eigenvalue weighted by molar-refractivity contribution is -0.181. The number of benzene rings is 1. The SMILES string of the molecule is CCCCN(CC(=O)Nc1cc(N(C)C)c2c(c1O)C(=O)C1C(=O)[C@]3(O)C(=O)C(C(N)=O)C(=O)[C@@H](N(C)C)[C@@H]3C[C@@H]1C2)C(=O)OCOC(=O)CC1CCCC1. The molecule has 1 aromatic rings. The van der Waals surface area contributed by atoms with E-state index in [0.717, 1.165) is 30.6 Å². The van der Waals surface area contributed by atoms with E-state index in [1.807, 2.05) is 6.92 Å². The van der Waals surface area contributed by atoms with Gasteiger partial charge in [0.1, 0.15) is 12.3 Å². The van der Waals surface area contributed by atoms with Crippen LogP contribution in [0.5, 0.6) is 5.75 Å². The molecular formula is C38H51N5O12. The number of rotatable bonds is 13. The van der Waals surface area contributed by atoms with Gasteiger partial charge in [-0.1, -0.05) is 26.2 Å². The summed E-state index contributed by atoms with van der Waals surface area (Å²) < 4.78 is 10.2. The van der Waals surface area contributed by atoms with Crippen LogP contribution in [-0.2, 0) is 44.7 Å². The third kappa shape index (κ3) is 7.81. The second-order valence-electron chi connectivity index (χ2n) is 15.6. The van der Waals surface area contributed by atoms with E-state index < -0.39 is 101 Å². The molecule has 0 spiro atoms. The average molecular weight is 770 g/mol. The molecule has 17 nitrogen and oxygen atoms in total. The highest BCUT2D eigenvalue weighted by atomic mass is 16.7. The average Bonchev–Trinajstić information content (AvgIpc) is 3.61. The minimum atomic E-state index is -2.88. The number of aliphatic hydroxyl groups is 1. The molecule has 55 heavy (non-hydrogen) atoms. The number of unbranched alkanes of at least 4 members (excludes halogenated alkanes) is 1. The number of carbonyl (C=O) groups is 8. The number of ether oxygens (including phenoxy) is 2. The molecule has 4 aliphatic carbocycles. The highest BCUT2D eigenvalue weighted by Crippen LogP contribution is 2.52. The molecule has 0 saturated heterocycles. The lowest BCUT2D eigenvalue weighted by Gasteiger charge is -2.52. The van der Waals surface area contributed by atoms with Gasteiger partial charge in [-0.2, -0.15) is 0 Å². The normalized spacial score (nSPS) is 26.2. The molecule has 3 fully saturated rings. The third-order valence-corrected chi connectivity index (χ3v) is 11.5. The molecule has 0 bridgehead atoms. The summed E-state index contributed by atoms with van der Waals surface area (Å²) in [5.41, 5.74) is 2.79. The first-order valence-electron chi connectivity index (χ1n) is 18.7. The number of nitrogens with one attached hydrogen (secondary N) is 1. The van der Waals surface area contributed by atoms with Crippen molar-refractivity contribution < 1.29 is 58.0 Å². The first-order chi connectivity index (χ1) is 25.9. The van der Waals surface area contributed by atoms with Gasteiger partial charge in [0, 0.05) is 38.7 Å². The molecule has 3 saturated carbocycles. The second-order valence-corrected chi connectivity index (χ2v) is 15.6. The molecule has 1 aromatic carbocycles. The fourth-order valence-electron chi connectivity index (χ4n) is 8.84. The third-order valence-electron chi connectivity index (χ3n) is 11.5. The molecule has 300 valence electrons. The van der Waals surface area contributed by atoms with Crippen molar-refractivity contribution in [2.24, 2.45) is 35.3 Å². The van der Waals surface area contributed by atoms with Gasteiger partial charge in [-0.15, -0.1) is 0 Å². The second kappa shape index (κ2) is 16.5. The van der Waals surface area contributed by atoms with E-state index in [9.17, 15) is 48.6 Å². The van der Waals surface area contributed by atoms with Gasteiger partial charge < -0.3 is 35.6 Å². The molecule has 0 aromatic heterocycles. The molecule has 0 heterocycles. The van der Waals surface area contributed by atoms with Crippen LogP contribution in [0, 0.1) is 29.6 Å². The molecule has 6 atom stereocenters. The van der Waals surface area contributed by atoms with Crippen molar-refractivity contribution in [2.75, 3.05) is 58.3 Å². The number of anilines is 2. The van der Waals surface area contributed by atoms with Crippen LogP contribution >= 0.6 is 0 Å². The Labute approximate surface area is 318 Å². The number of nitrogens with zero attached hydrogens (tertiary/aromatic N) is 3. The number of aromatic hydroxyl groups is 1. The summed E-state index contributed by atoms with van der Waals surface area (Å²) in [4.78, 5) is 111. The first kappa shape index (κ1) is 41.3. The molecule has 5 N–H and O–H groups in total. The fourth-order valence-corrected chi connectivity index (χ4v) is 8.84. The Morgan fingerprint density at radius 2 is 1.69 bits per heavy atom. The Kier molecular flexibility index (Phi) is 12.3. The number of likely N-dealkylation sites (N-methyl/N-ethyl adjacent to an activating group) is 1. The molecule has 0 radical (unpaired) electrons. The van der Waals surface area contributed by atoms with Crippen molar-refractivity contribution in [3.63, 3.8) is 0 Å². The van der Waals surface area contributed by atoms with E-state index in [1.54, 1.807) is 19.0 Å². The quantitative estimate of drug-likeness (QED) is 0.0954. The Hall–Kier alpha value is -4.90. The van der Waals surface area contributed by atoms with Crippen molar-refractivity contribution in [2.45, 2.75) is 76.4 Å². The molecule has 2 unspecified atom stereocenters. The van der Waals surface area contributed by atoms with Crippen LogP contribution in [0.3, 0.4) is 0 Å². The zero-order valence-corrected chi connectivity index (χ0v) is 31.9. The molecule has 3 amide bonds. The highest BCUT2D eigenvalue weighted by molar-refractivity contribution is 6.32. The maximum atomic E-state index is 14.3. The van der Waals surface area contributed by atoms with Crippen LogP contribution in [-0.4, -0.2) is 127 Å². The van der Waals surface area contributed by atoms with Crippen molar-refractivity contribution in [3.05, 3.63) is 17.2 Å². The van der Waals surface area contributed by atoms with Gasteiger partial charge in [0.15, 0.2) is 34.7 Å². The van der Waals surface area contributed by atoms with Gasteiger partial charge in [0.2, 0.25) is 18.6 Å². The number of nitrogens with two attached hydrogens (primary N) is 1. The Bertz CT molecular complexity index is 1770. The van der Waals surface area contributed by atoms with Gasteiger partial charge in [-0.25, -0.2) is 4.79 Å². The van der Waals surface area contributed by atoms with Crippen LogP contribution in [0.2, 0.25) is 0 Å². The topological polar surface area (TPSA) is 243 Å². The van der Waals surface area contributed by atoms with Gasteiger partial charge in [0.25, 0.3) is 0 Å². The predicted molar refractivity (Wildman–Crippen MR) is 195 cm³/mol. The van der Waals surface area contributed by atoms with Crippen LogP contribution in [0.25, 0.3) is 0 Å². The molecule has 4 aliphatic rings. The summed E-state index contributed by atoms with van der Waals surface area (Å²) in [6.45, 7) is 0.871. The summed E-state index contributed by atoms with van der Waals surface area (Å²) in [5, 5.41) is 26.0. The van der Waals surface area contributed by atoms with Crippen LogP contribution in [0.15, 0.2) is 6.07 Å². The van der Waals surface area contributed by atoms with E-state index in [2.05, 4.69) is 5.32 Å². The maximum Gasteiger partial charge on any atom is 0.413 e. The number of primary amides is 1. The van der Waals surface area contributed by atoms with Crippen LogP contribution in [0.1, 0.15) is 74.2 Å². The number of phenolic OH excluding ortho intramolecular Hbond substituents is 1. The minimum Gasteiger partial charge on any atom is -0.505 e. The number of esters is 1. The number of ketones is 4.